The van der Waals surface area contributed by atoms with Crippen molar-refractivity contribution in [1.82, 2.24) is 14.9 Å². The minimum Gasteiger partial charge on any atom is -0.462 e. The summed E-state index contributed by atoms with van der Waals surface area (Å²) in [5, 5.41) is 11.1. The molecule has 0 radical (unpaired) electrons. The Labute approximate surface area is 207 Å². The Balaban J connectivity index is 1.45. The van der Waals surface area contributed by atoms with Gasteiger partial charge in [0.2, 0.25) is 6.35 Å². The standard InChI is InChI=1S/C23H31N7O4S/c24-19(32)17-14-34-23(29-7-4-15(31)13-29)30(17)16-12-18-20(25-21(16)27-5-2-1-3-6-27)26-22(35-18)28-8-10-33-11-9-28/h12,14-15,23,31H,1-11,13H2,(H2,24,32)/t15?,23-/m0/s1. The lowest BCUT2D eigenvalue weighted by Gasteiger charge is -2.36. The number of rotatable bonds is 5. The third-order valence-corrected chi connectivity index (χ3v) is 8.12. The molecule has 6 rings (SSSR count). The normalized spacial score (nSPS) is 25.9. The molecule has 1 unspecified atom stereocenters. The molecule has 0 aliphatic carbocycles. The number of β-amino-alcohol motifs (C(OH)–C–C–N with tert-alkyl or cyclic N) is 1. The Morgan fingerprint density at radius 1 is 1.09 bits per heavy atom. The average Bonchev–Trinajstić information content (AvgIpc) is 3.61. The number of primary amides is 1. The van der Waals surface area contributed by atoms with Crippen LogP contribution in [0.4, 0.5) is 16.6 Å². The van der Waals surface area contributed by atoms with Gasteiger partial charge >= 0.3 is 0 Å². The number of aliphatic hydroxyl groups excluding tert-OH is 1. The lowest BCUT2D eigenvalue weighted by molar-refractivity contribution is -0.114. The summed E-state index contributed by atoms with van der Waals surface area (Å²) >= 11 is 1.60. The number of carbonyl (C=O) groups is 1. The largest absolute Gasteiger partial charge is 0.462 e. The Kier molecular flexibility index (Phi) is 6.13. The second kappa shape index (κ2) is 9.41. The van der Waals surface area contributed by atoms with Crippen molar-refractivity contribution in [3.8, 4) is 0 Å². The number of nitrogens with zero attached hydrogens (tertiary/aromatic N) is 6. The van der Waals surface area contributed by atoms with E-state index in [0.717, 1.165) is 60.4 Å². The lowest BCUT2D eigenvalue weighted by atomic mass is 10.1. The van der Waals surface area contributed by atoms with Gasteiger partial charge < -0.3 is 30.1 Å². The summed E-state index contributed by atoms with van der Waals surface area (Å²) in [6.07, 6.45) is 4.49. The molecule has 0 bridgehead atoms. The molecule has 0 saturated carbocycles. The van der Waals surface area contributed by atoms with Crippen LogP contribution in [0.25, 0.3) is 10.3 Å². The van der Waals surface area contributed by atoms with E-state index in [0.29, 0.717) is 38.4 Å². The molecule has 3 fully saturated rings. The van der Waals surface area contributed by atoms with E-state index in [4.69, 9.17) is 25.2 Å². The predicted octanol–water partition coefficient (Wildman–Crippen LogP) is 1.03. The quantitative estimate of drug-likeness (QED) is 0.615. The maximum absolute atomic E-state index is 12.5. The van der Waals surface area contributed by atoms with Crippen molar-refractivity contribution in [2.24, 2.45) is 5.73 Å². The zero-order valence-corrected chi connectivity index (χ0v) is 20.5. The highest BCUT2D eigenvalue weighted by Gasteiger charge is 2.41. The fraction of sp³-hybridized carbons (Fsp3) is 0.609. The van der Waals surface area contributed by atoms with Gasteiger partial charge in [-0.2, -0.15) is 4.98 Å². The van der Waals surface area contributed by atoms with Gasteiger partial charge in [-0.15, -0.1) is 0 Å². The zero-order chi connectivity index (χ0) is 23.9. The van der Waals surface area contributed by atoms with Crippen LogP contribution >= 0.6 is 11.3 Å². The fourth-order valence-corrected chi connectivity index (χ4v) is 6.24. The van der Waals surface area contributed by atoms with Crippen molar-refractivity contribution in [1.29, 1.82) is 0 Å². The number of thiazole rings is 1. The van der Waals surface area contributed by atoms with E-state index < -0.39 is 18.4 Å². The summed E-state index contributed by atoms with van der Waals surface area (Å²) in [6, 6.07) is 2.07. The third-order valence-electron chi connectivity index (χ3n) is 7.07. The van der Waals surface area contributed by atoms with Crippen LogP contribution in [0, 0.1) is 0 Å². The first-order chi connectivity index (χ1) is 17.1. The Morgan fingerprint density at radius 3 is 2.60 bits per heavy atom. The molecule has 1 amide bonds. The van der Waals surface area contributed by atoms with Gasteiger partial charge in [0.25, 0.3) is 5.91 Å². The van der Waals surface area contributed by atoms with E-state index in [1.54, 1.807) is 11.3 Å². The number of likely N-dealkylation sites (tertiary alicyclic amines) is 1. The SMILES string of the molecule is NC(=O)C1=CO[C@@H](N2CCC(O)C2)N1c1cc2sc(N3CCOCC3)nc2nc1N1CCCCC1. The third kappa shape index (κ3) is 4.28. The molecular weight excluding hydrogens is 470 g/mol. The van der Waals surface area contributed by atoms with Gasteiger partial charge in [0.1, 0.15) is 12.0 Å². The number of hydrogen-bond acceptors (Lipinski definition) is 11. The van der Waals surface area contributed by atoms with Crippen molar-refractivity contribution in [3.05, 3.63) is 18.0 Å². The second-order valence-electron chi connectivity index (χ2n) is 9.43. The summed E-state index contributed by atoms with van der Waals surface area (Å²) < 4.78 is 12.4. The van der Waals surface area contributed by atoms with Gasteiger partial charge in [-0.1, -0.05) is 11.3 Å². The van der Waals surface area contributed by atoms with E-state index in [1.165, 1.54) is 12.7 Å². The summed E-state index contributed by atoms with van der Waals surface area (Å²) in [6.45, 7) is 5.91. The van der Waals surface area contributed by atoms with Gasteiger partial charge in [0, 0.05) is 39.3 Å². The van der Waals surface area contributed by atoms with Crippen LogP contribution in [0.15, 0.2) is 18.0 Å². The van der Waals surface area contributed by atoms with Gasteiger partial charge in [-0.3, -0.25) is 9.69 Å². The van der Waals surface area contributed by atoms with E-state index in [-0.39, 0.29) is 5.70 Å². The maximum atomic E-state index is 12.5. The molecule has 11 nitrogen and oxygen atoms in total. The Morgan fingerprint density at radius 2 is 1.89 bits per heavy atom. The number of carbonyl (C=O) groups excluding carboxylic acids is 1. The number of hydrogen-bond donors (Lipinski definition) is 2. The highest BCUT2D eigenvalue weighted by molar-refractivity contribution is 7.22. The summed E-state index contributed by atoms with van der Waals surface area (Å²) in [5.41, 5.74) is 7.57. The van der Waals surface area contributed by atoms with E-state index in [9.17, 15) is 9.90 Å². The van der Waals surface area contributed by atoms with Crippen LogP contribution in [0.3, 0.4) is 0 Å². The van der Waals surface area contributed by atoms with Crippen molar-refractivity contribution >= 4 is 44.2 Å². The molecule has 0 aromatic carbocycles. The number of anilines is 3. The number of amides is 1. The van der Waals surface area contributed by atoms with E-state index >= 15 is 0 Å². The zero-order valence-electron chi connectivity index (χ0n) is 19.6. The predicted molar refractivity (Wildman–Crippen MR) is 133 cm³/mol. The number of aromatic nitrogens is 2. The molecule has 6 heterocycles. The number of piperidine rings is 1. The summed E-state index contributed by atoms with van der Waals surface area (Å²) in [4.78, 5) is 30.8. The first kappa shape index (κ1) is 22.8. The van der Waals surface area contributed by atoms with Gasteiger partial charge in [0.05, 0.1) is 29.7 Å². The minimum absolute atomic E-state index is 0.286. The molecule has 188 valence electrons. The van der Waals surface area contributed by atoms with Crippen LogP contribution in [-0.4, -0.2) is 90.8 Å². The van der Waals surface area contributed by atoms with E-state index in [1.807, 2.05) is 9.80 Å². The van der Waals surface area contributed by atoms with Crippen LogP contribution in [0.1, 0.15) is 25.7 Å². The summed E-state index contributed by atoms with van der Waals surface area (Å²) in [7, 11) is 0. The molecule has 2 aromatic heterocycles. The van der Waals surface area contributed by atoms with Crippen LogP contribution < -0.4 is 20.4 Å². The molecule has 4 aliphatic rings. The van der Waals surface area contributed by atoms with Crippen LogP contribution in [0.2, 0.25) is 0 Å². The molecule has 3 saturated heterocycles. The molecule has 3 N–H and O–H groups in total. The van der Waals surface area contributed by atoms with Gasteiger partial charge in [-0.05, 0) is 31.7 Å². The van der Waals surface area contributed by atoms with Gasteiger partial charge in [0.15, 0.2) is 16.6 Å². The van der Waals surface area contributed by atoms with Gasteiger partial charge in [-0.25, -0.2) is 9.88 Å². The topological polar surface area (TPSA) is 121 Å². The number of ether oxygens (including phenoxy) is 2. The first-order valence-corrected chi connectivity index (χ1v) is 13.2. The Hall–Kier alpha value is -2.67. The Bertz CT molecular complexity index is 1130. The number of nitrogens with two attached hydrogens (primary N) is 1. The second-order valence-corrected chi connectivity index (χ2v) is 10.4. The van der Waals surface area contributed by atoms with E-state index in [2.05, 4.69) is 15.9 Å². The number of fused-ring (bicyclic) bond motifs is 1. The fourth-order valence-electron chi connectivity index (χ4n) is 5.24. The van der Waals surface area contributed by atoms with Crippen molar-refractivity contribution in [3.63, 3.8) is 0 Å². The number of aliphatic hydroxyl groups is 1. The highest BCUT2D eigenvalue weighted by atomic mass is 32.1. The number of pyridine rings is 1. The van der Waals surface area contributed by atoms with Crippen molar-refractivity contribution in [2.45, 2.75) is 38.1 Å². The monoisotopic (exact) mass is 501 g/mol. The first-order valence-electron chi connectivity index (χ1n) is 12.3. The molecule has 2 aromatic rings. The van der Waals surface area contributed by atoms with Crippen LogP contribution in [0.5, 0.6) is 0 Å². The molecule has 0 spiro atoms. The highest BCUT2D eigenvalue weighted by Crippen LogP contribution is 2.41. The minimum atomic E-state index is -0.566. The molecule has 4 aliphatic heterocycles. The molecular formula is C23H31N7O4S. The molecule has 2 atom stereocenters. The number of morpholine rings is 1. The average molecular weight is 502 g/mol. The molecule has 12 heteroatoms. The van der Waals surface area contributed by atoms with Crippen molar-refractivity contribution in [2.75, 3.05) is 67.2 Å². The summed E-state index contributed by atoms with van der Waals surface area (Å²) in [5.74, 6) is 0.230. The molecule has 35 heavy (non-hydrogen) atoms. The maximum Gasteiger partial charge on any atom is 0.268 e. The van der Waals surface area contributed by atoms with Crippen LogP contribution in [-0.2, 0) is 14.3 Å². The smallest absolute Gasteiger partial charge is 0.268 e. The van der Waals surface area contributed by atoms with Crippen molar-refractivity contribution < 1.29 is 19.4 Å². The lowest BCUT2D eigenvalue weighted by Crippen LogP contribution is -2.48.